The molecule has 0 saturated carbocycles. The second-order valence-electron chi connectivity index (χ2n) is 15.8. The summed E-state index contributed by atoms with van der Waals surface area (Å²) in [6.07, 6.45) is -17.7. The number of nitrogens with one attached hydrogen (secondary N) is 1. The molecule has 73 heavy (non-hydrogen) atoms. The lowest BCUT2D eigenvalue weighted by atomic mass is 9.70. The van der Waals surface area contributed by atoms with Crippen LogP contribution in [0.25, 0.3) is 0 Å². The summed E-state index contributed by atoms with van der Waals surface area (Å²) in [6, 6.07) is 37.9. The Bertz CT molecular complexity index is 2820. The first-order chi connectivity index (χ1) is 33.7. The van der Waals surface area contributed by atoms with Gasteiger partial charge in [-0.05, 0) is 94.8 Å². The molecule has 0 atom stereocenters. The highest BCUT2D eigenvalue weighted by molar-refractivity contribution is 8.13. The molecule has 6 rings (SSSR count). The SMILES string of the molecule is CS(=O)(=O)Cl.CS(=O)(=O)NCC(Cc1ccccc1)(c1cccc(OC(F)(F)F)c1)c1cccc(OC(F)(F)F)c1.NCC(Cc1ccccc1)(c1cccc(OC(F)(F)F)c1)c1cccc(OC(F)(F)F)c1. The molecule has 25 heteroatoms. The van der Waals surface area contributed by atoms with Crippen molar-refractivity contribution in [3.8, 4) is 23.0 Å². The highest BCUT2D eigenvalue weighted by Gasteiger charge is 2.40. The van der Waals surface area contributed by atoms with Gasteiger partial charge < -0.3 is 24.7 Å². The molecule has 6 aromatic rings. The van der Waals surface area contributed by atoms with Crippen LogP contribution in [0, 0.1) is 0 Å². The fraction of sp³-hybridized carbons (Fsp3) is 0.250. The number of alkyl halides is 12. The van der Waals surface area contributed by atoms with Gasteiger partial charge >= 0.3 is 25.4 Å². The van der Waals surface area contributed by atoms with Crippen LogP contribution in [0.15, 0.2) is 158 Å². The van der Waals surface area contributed by atoms with Gasteiger partial charge in [0.2, 0.25) is 19.1 Å². The molecule has 0 saturated heterocycles. The maximum Gasteiger partial charge on any atom is 0.573 e. The van der Waals surface area contributed by atoms with Gasteiger partial charge in [-0.15, -0.1) is 52.7 Å². The third-order valence-electron chi connectivity index (χ3n) is 10.2. The van der Waals surface area contributed by atoms with Crippen molar-refractivity contribution in [2.75, 3.05) is 25.6 Å². The molecular weight excluding hydrogens is 1060 g/mol. The molecular formula is C48H43ClF12N2O8S2. The van der Waals surface area contributed by atoms with E-state index in [0.29, 0.717) is 16.7 Å². The van der Waals surface area contributed by atoms with E-state index in [4.69, 9.17) is 5.73 Å². The van der Waals surface area contributed by atoms with Crippen LogP contribution >= 0.6 is 10.7 Å². The Hall–Kier alpha value is -6.21. The van der Waals surface area contributed by atoms with Gasteiger partial charge in [0.15, 0.2) is 0 Å². The van der Waals surface area contributed by atoms with Crippen LogP contribution in [0.5, 0.6) is 23.0 Å². The van der Waals surface area contributed by atoms with Crippen LogP contribution in [0.1, 0.15) is 33.4 Å². The van der Waals surface area contributed by atoms with E-state index < -0.39 is 78.4 Å². The average molecular weight is 1100 g/mol. The Morgan fingerprint density at radius 1 is 0.438 bits per heavy atom. The lowest BCUT2D eigenvalue weighted by molar-refractivity contribution is -0.275. The van der Waals surface area contributed by atoms with Gasteiger partial charge in [0.25, 0.3) is 0 Å². The highest BCUT2D eigenvalue weighted by atomic mass is 35.7. The van der Waals surface area contributed by atoms with Crippen LogP contribution in [0.4, 0.5) is 52.7 Å². The number of benzene rings is 6. The topological polar surface area (TPSA) is 143 Å². The van der Waals surface area contributed by atoms with Crippen molar-refractivity contribution in [1.29, 1.82) is 0 Å². The van der Waals surface area contributed by atoms with Gasteiger partial charge in [-0.2, -0.15) is 0 Å². The van der Waals surface area contributed by atoms with E-state index in [2.05, 4.69) is 34.4 Å². The minimum Gasteiger partial charge on any atom is -0.406 e. The van der Waals surface area contributed by atoms with Crippen LogP contribution in [-0.2, 0) is 42.7 Å². The second kappa shape index (κ2) is 24.2. The Morgan fingerprint density at radius 2 is 0.699 bits per heavy atom. The third kappa shape index (κ3) is 20.7. The second-order valence-corrected chi connectivity index (χ2v) is 20.6. The first-order valence-electron chi connectivity index (χ1n) is 20.7. The van der Waals surface area contributed by atoms with Gasteiger partial charge in [-0.25, -0.2) is 21.6 Å². The predicted octanol–water partition coefficient (Wildman–Crippen LogP) is 11.7. The molecule has 0 aliphatic carbocycles. The fourth-order valence-corrected chi connectivity index (χ4v) is 7.93. The lowest BCUT2D eigenvalue weighted by Gasteiger charge is -2.36. The summed E-state index contributed by atoms with van der Waals surface area (Å²) in [6.45, 7) is -0.488. The highest BCUT2D eigenvalue weighted by Crippen LogP contribution is 2.42. The van der Waals surface area contributed by atoms with Crippen molar-refractivity contribution in [1.82, 2.24) is 4.72 Å². The molecule has 0 bridgehead atoms. The number of hydrogen-bond donors (Lipinski definition) is 2. The molecule has 0 spiro atoms. The summed E-state index contributed by atoms with van der Waals surface area (Å²) < 4.78 is 215. The van der Waals surface area contributed by atoms with Crippen molar-refractivity contribution >= 4 is 29.8 Å². The fourth-order valence-electron chi connectivity index (χ4n) is 7.42. The molecule has 0 radical (unpaired) electrons. The summed E-state index contributed by atoms with van der Waals surface area (Å²) in [5.41, 5.74) is 6.04. The van der Waals surface area contributed by atoms with Crippen molar-refractivity contribution < 1.29 is 88.5 Å². The molecule has 0 fully saturated rings. The molecule has 0 heterocycles. The zero-order valence-corrected chi connectivity index (χ0v) is 40.3. The maximum absolute atomic E-state index is 12.9. The van der Waals surface area contributed by atoms with Gasteiger partial charge in [-0.3, -0.25) is 0 Å². The Kier molecular flexibility index (Phi) is 19.7. The smallest absolute Gasteiger partial charge is 0.406 e. The number of ether oxygens (including phenoxy) is 4. The Morgan fingerprint density at radius 3 is 0.945 bits per heavy atom. The summed E-state index contributed by atoms with van der Waals surface area (Å²) in [5, 5.41) is 0. The molecule has 10 nitrogen and oxygen atoms in total. The van der Waals surface area contributed by atoms with Gasteiger partial charge in [0, 0.05) is 34.6 Å². The molecule has 0 aliphatic heterocycles. The van der Waals surface area contributed by atoms with Crippen molar-refractivity contribution in [3.63, 3.8) is 0 Å². The molecule has 3 N–H and O–H groups in total. The summed E-state index contributed by atoms with van der Waals surface area (Å²) in [5.74, 6) is -2.05. The molecule has 0 amide bonds. The van der Waals surface area contributed by atoms with E-state index in [1.807, 2.05) is 0 Å². The lowest BCUT2D eigenvalue weighted by Crippen LogP contribution is -2.43. The molecule has 6 aromatic carbocycles. The van der Waals surface area contributed by atoms with Crippen LogP contribution in [0.2, 0.25) is 0 Å². The van der Waals surface area contributed by atoms with E-state index in [-0.39, 0.29) is 37.1 Å². The largest absolute Gasteiger partial charge is 0.573 e. The van der Waals surface area contributed by atoms with E-state index in [9.17, 15) is 69.5 Å². The van der Waals surface area contributed by atoms with Crippen molar-refractivity contribution in [3.05, 3.63) is 191 Å². The van der Waals surface area contributed by atoms with Crippen molar-refractivity contribution in [2.24, 2.45) is 5.73 Å². The molecule has 0 aliphatic rings. The van der Waals surface area contributed by atoms with Gasteiger partial charge in [0.1, 0.15) is 23.0 Å². The molecule has 0 aromatic heterocycles. The first-order valence-corrected chi connectivity index (χ1v) is 25.3. The molecule has 0 unspecified atom stereocenters. The van der Waals surface area contributed by atoms with E-state index in [1.54, 1.807) is 72.8 Å². The number of nitrogens with two attached hydrogens (primary N) is 1. The first kappa shape index (κ1) is 59.4. The van der Waals surface area contributed by atoms with Crippen molar-refractivity contribution in [2.45, 2.75) is 49.1 Å². The summed E-state index contributed by atoms with van der Waals surface area (Å²) >= 11 is 0. The van der Waals surface area contributed by atoms with E-state index in [1.165, 1.54) is 48.5 Å². The monoisotopic (exact) mass is 1100 g/mol. The average Bonchev–Trinajstić information content (AvgIpc) is 3.25. The maximum atomic E-state index is 12.9. The predicted molar refractivity (Wildman–Crippen MR) is 247 cm³/mol. The minimum atomic E-state index is -4.99. The zero-order chi connectivity index (χ0) is 54.5. The Balaban J connectivity index is 0.000000291. The minimum absolute atomic E-state index is 0.0152. The number of hydrogen-bond acceptors (Lipinski definition) is 9. The van der Waals surface area contributed by atoms with Crippen LogP contribution in [-0.4, -0.2) is 67.9 Å². The number of rotatable bonds is 16. The van der Waals surface area contributed by atoms with Crippen LogP contribution < -0.4 is 29.4 Å². The van der Waals surface area contributed by atoms with Gasteiger partial charge in [0.05, 0.1) is 12.5 Å². The zero-order valence-electron chi connectivity index (χ0n) is 37.9. The number of sulfonamides is 1. The Labute approximate surface area is 416 Å². The quantitative estimate of drug-likeness (QED) is 0.0715. The van der Waals surface area contributed by atoms with E-state index in [0.717, 1.165) is 54.5 Å². The normalized spacial score (nSPS) is 12.6. The van der Waals surface area contributed by atoms with E-state index >= 15 is 0 Å². The standard InChI is InChI=1S/C24H21F6NO4S.C23H19F6NO2.CH3ClO2S/c1-36(32,33)31-16-22(15-17-7-3-2-4-8-17,18-9-5-11-20(13-18)34-23(25,26)27)19-10-6-12-21(14-19)35-24(28,29)30;24-22(25,26)31-19-10-4-8-17(12-19)21(15-30,14-16-6-2-1-3-7-16)18-9-5-11-20(13-18)32-23(27,28)29;1-5(2,3)4/h2-14,31H,15-16H2,1H3;1-13H,14-15,30H2;1H3. The third-order valence-corrected chi connectivity index (χ3v) is 10.8. The summed E-state index contributed by atoms with van der Waals surface area (Å²) in [7, 11) is -2.51. The summed E-state index contributed by atoms with van der Waals surface area (Å²) in [4.78, 5) is 0. The van der Waals surface area contributed by atoms with Crippen LogP contribution in [0.3, 0.4) is 0 Å². The number of halogens is 13. The molecule has 396 valence electrons. The van der Waals surface area contributed by atoms with Gasteiger partial charge in [-0.1, -0.05) is 109 Å².